The van der Waals surface area contributed by atoms with E-state index in [1.165, 1.54) is 13.1 Å². The van der Waals surface area contributed by atoms with Crippen molar-refractivity contribution in [2.45, 2.75) is 6.92 Å². The number of rotatable bonds is 1. The molecule has 1 radical (unpaired) electrons. The van der Waals surface area contributed by atoms with E-state index in [4.69, 9.17) is 0 Å². The van der Waals surface area contributed by atoms with Crippen molar-refractivity contribution in [3.63, 3.8) is 0 Å². The third kappa shape index (κ3) is 0.942. The first kappa shape index (κ1) is 5.10. The van der Waals surface area contributed by atoms with E-state index in [9.17, 15) is 0 Å². The summed E-state index contributed by atoms with van der Waals surface area (Å²) in [5, 5.41) is 0. The molecule has 0 aliphatic carbocycles. The fraction of sp³-hybridized carbons (Fsp3) is 0.833. The number of nitrogens with zero attached hydrogens (tertiary/aromatic N) is 1. The van der Waals surface area contributed by atoms with Crippen molar-refractivity contribution in [2.75, 3.05) is 19.6 Å². The SMILES string of the molecule is [CH2]CN1CC(C)C1. The van der Waals surface area contributed by atoms with Crippen molar-refractivity contribution in [3.05, 3.63) is 6.92 Å². The van der Waals surface area contributed by atoms with Gasteiger partial charge >= 0.3 is 0 Å². The van der Waals surface area contributed by atoms with E-state index >= 15 is 0 Å². The van der Waals surface area contributed by atoms with Gasteiger partial charge in [0.15, 0.2) is 0 Å². The van der Waals surface area contributed by atoms with Gasteiger partial charge in [0.05, 0.1) is 0 Å². The lowest BCUT2D eigenvalue weighted by atomic mass is 10.0. The highest BCUT2D eigenvalue weighted by atomic mass is 15.2. The number of hydrogen-bond donors (Lipinski definition) is 0. The summed E-state index contributed by atoms with van der Waals surface area (Å²) in [5.41, 5.74) is 0. The zero-order valence-corrected chi connectivity index (χ0v) is 4.85. The van der Waals surface area contributed by atoms with Crippen molar-refractivity contribution < 1.29 is 0 Å². The van der Waals surface area contributed by atoms with Crippen LogP contribution in [0.25, 0.3) is 0 Å². The van der Waals surface area contributed by atoms with Crippen molar-refractivity contribution in [1.82, 2.24) is 4.90 Å². The average Bonchev–Trinajstić information content (AvgIpc) is 1.58. The van der Waals surface area contributed by atoms with Gasteiger partial charge in [0, 0.05) is 13.1 Å². The average molecular weight is 98.2 g/mol. The predicted molar refractivity (Wildman–Crippen MR) is 31.0 cm³/mol. The molecule has 1 heterocycles. The standard InChI is InChI=1S/C6H12N/c1-3-7-4-6(2)5-7/h6H,1,3-5H2,2H3. The molecular formula is C6H12N. The molecule has 0 atom stereocenters. The lowest BCUT2D eigenvalue weighted by molar-refractivity contribution is 0.128. The molecule has 1 aliphatic rings. The quantitative estimate of drug-likeness (QED) is 0.468. The zero-order valence-electron chi connectivity index (χ0n) is 4.85. The molecule has 0 N–H and O–H groups in total. The molecular weight excluding hydrogens is 86.1 g/mol. The molecule has 0 amide bonds. The molecule has 1 fully saturated rings. The summed E-state index contributed by atoms with van der Waals surface area (Å²) < 4.78 is 0. The van der Waals surface area contributed by atoms with Gasteiger partial charge in [-0.1, -0.05) is 6.92 Å². The van der Waals surface area contributed by atoms with Crippen LogP contribution in [0.4, 0.5) is 0 Å². The zero-order chi connectivity index (χ0) is 5.28. The Balaban J connectivity index is 2.06. The van der Waals surface area contributed by atoms with Crippen LogP contribution in [0, 0.1) is 12.8 Å². The molecule has 0 aromatic carbocycles. The van der Waals surface area contributed by atoms with Gasteiger partial charge in [-0.05, 0) is 19.4 Å². The Morgan fingerprint density at radius 3 is 2.43 bits per heavy atom. The summed E-state index contributed by atoms with van der Waals surface area (Å²) in [6, 6.07) is 0. The fourth-order valence-electron chi connectivity index (χ4n) is 1.01. The highest BCUT2D eigenvalue weighted by Gasteiger charge is 2.19. The van der Waals surface area contributed by atoms with Crippen LogP contribution in [0.3, 0.4) is 0 Å². The van der Waals surface area contributed by atoms with E-state index < -0.39 is 0 Å². The molecule has 1 heteroatoms. The number of likely N-dealkylation sites (tertiary alicyclic amines) is 1. The minimum atomic E-state index is 0.932. The van der Waals surface area contributed by atoms with Gasteiger partial charge < -0.3 is 4.90 Å². The molecule has 1 aliphatic heterocycles. The van der Waals surface area contributed by atoms with Crippen LogP contribution in [0.2, 0.25) is 0 Å². The summed E-state index contributed by atoms with van der Waals surface area (Å²) in [4.78, 5) is 2.34. The van der Waals surface area contributed by atoms with E-state index in [-0.39, 0.29) is 0 Å². The highest BCUT2D eigenvalue weighted by molar-refractivity contribution is 4.75. The lowest BCUT2D eigenvalue weighted by Crippen LogP contribution is -2.44. The Morgan fingerprint density at radius 1 is 1.71 bits per heavy atom. The van der Waals surface area contributed by atoms with E-state index in [0.29, 0.717) is 0 Å². The van der Waals surface area contributed by atoms with Gasteiger partial charge in [0.1, 0.15) is 0 Å². The maximum atomic E-state index is 3.77. The minimum absolute atomic E-state index is 0.932. The third-order valence-electron chi connectivity index (χ3n) is 1.46. The second kappa shape index (κ2) is 1.83. The van der Waals surface area contributed by atoms with Gasteiger partial charge in [-0.15, -0.1) is 0 Å². The Labute approximate surface area is 45.3 Å². The Bertz CT molecular complexity index is 55.2. The van der Waals surface area contributed by atoms with Gasteiger partial charge in [0.25, 0.3) is 0 Å². The Hall–Kier alpha value is -0.0400. The first-order valence-corrected chi connectivity index (χ1v) is 2.84. The summed E-state index contributed by atoms with van der Waals surface area (Å²) >= 11 is 0. The Morgan fingerprint density at radius 2 is 2.29 bits per heavy atom. The van der Waals surface area contributed by atoms with Crippen LogP contribution in [-0.2, 0) is 0 Å². The largest absolute Gasteiger partial charge is 0.303 e. The smallest absolute Gasteiger partial charge is 0.00194 e. The molecule has 1 saturated heterocycles. The van der Waals surface area contributed by atoms with Crippen molar-refractivity contribution in [3.8, 4) is 0 Å². The summed E-state index contributed by atoms with van der Waals surface area (Å²) in [5.74, 6) is 0.932. The van der Waals surface area contributed by atoms with E-state index in [1.807, 2.05) is 0 Å². The fourth-order valence-corrected chi connectivity index (χ4v) is 1.01. The summed E-state index contributed by atoms with van der Waals surface area (Å²) in [6.45, 7) is 9.56. The maximum absolute atomic E-state index is 3.77. The highest BCUT2D eigenvalue weighted by Crippen LogP contribution is 2.11. The van der Waals surface area contributed by atoms with Crippen LogP contribution >= 0.6 is 0 Å². The molecule has 0 spiro atoms. The number of hydrogen-bond acceptors (Lipinski definition) is 1. The van der Waals surface area contributed by atoms with Crippen molar-refractivity contribution in [2.24, 2.45) is 5.92 Å². The van der Waals surface area contributed by atoms with E-state index in [2.05, 4.69) is 18.7 Å². The molecule has 0 unspecified atom stereocenters. The Kier molecular flexibility index (Phi) is 1.33. The van der Waals surface area contributed by atoms with Gasteiger partial charge in [0.2, 0.25) is 0 Å². The molecule has 0 bridgehead atoms. The molecule has 41 valence electrons. The third-order valence-corrected chi connectivity index (χ3v) is 1.46. The topological polar surface area (TPSA) is 3.24 Å². The van der Waals surface area contributed by atoms with Crippen LogP contribution in [-0.4, -0.2) is 24.5 Å². The van der Waals surface area contributed by atoms with Gasteiger partial charge in [-0.2, -0.15) is 0 Å². The normalized spacial score (nSPS) is 24.9. The first-order chi connectivity index (χ1) is 3.33. The van der Waals surface area contributed by atoms with Gasteiger partial charge in [-0.25, -0.2) is 0 Å². The van der Waals surface area contributed by atoms with Crippen LogP contribution in [0.15, 0.2) is 0 Å². The lowest BCUT2D eigenvalue weighted by Gasteiger charge is -2.35. The summed E-state index contributed by atoms with van der Waals surface area (Å²) in [6.07, 6.45) is 0. The monoisotopic (exact) mass is 98.1 g/mol. The summed E-state index contributed by atoms with van der Waals surface area (Å²) in [7, 11) is 0. The van der Waals surface area contributed by atoms with E-state index in [1.54, 1.807) is 0 Å². The maximum Gasteiger partial charge on any atom is 0.00194 e. The molecule has 1 nitrogen and oxygen atoms in total. The minimum Gasteiger partial charge on any atom is -0.303 e. The second-order valence-electron chi connectivity index (χ2n) is 2.36. The predicted octanol–water partition coefficient (Wildman–Crippen LogP) is 0.772. The molecule has 0 saturated carbocycles. The van der Waals surface area contributed by atoms with E-state index in [0.717, 1.165) is 12.5 Å². The van der Waals surface area contributed by atoms with Crippen molar-refractivity contribution in [1.29, 1.82) is 0 Å². The van der Waals surface area contributed by atoms with Crippen LogP contribution < -0.4 is 0 Å². The second-order valence-corrected chi connectivity index (χ2v) is 2.36. The molecule has 7 heavy (non-hydrogen) atoms. The van der Waals surface area contributed by atoms with Crippen LogP contribution in [0.5, 0.6) is 0 Å². The molecule has 0 aromatic rings. The van der Waals surface area contributed by atoms with Crippen molar-refractivity contribution >= 4 is 0 Å². The molecule has 0 aromatic heterocycles. The van der Waals surface area contributed by atoms with Gasteiger partial charge in [-0.3, -0.25) is 0 Å². The first-order valence-electron chi connectivity index (χ1n) is 2.84. The van der Waals surface area contributed by atoms with Crippen LogP contribution in [0.1, 0.15) is 6.92 Å². The molecule has 1 rings (SSSR count).